The Morgan fingerprint density at radius 3 is 2.88 bits per heavy atom. The van der Waals surface area contributed by atoms with E-state index >= 15 is 0 Å². The molecule has 0 aliphatic carbocycles. The average molecular weight is 274 g/mol. The second-order valence-electron chi connectivity index (χ2n) is 4.81. The van der Waals surface area contributed by atoms with Crippen LogP contribution in [0.25, 0.3) is 0 Å². The van der Waals surface area contributed by atoms with Crippen molar-refractivity contribution in [3.8, 4) is 0 Å². The van der Waals surface area contributed by atoms with Crippen LogP contribution in [0.4, 0.5) is 0 Å². The van der Waals surface area contributed by atoms with Gasteiger partial charge in [-0.2, -0.15) is 0 Å². The lowest BCUT2D eigenvalue weighted by Gasteiger charge is -2.30. The number of nitrogens with two attached hydrogens (primary N) is 1. The molecule has 1 aliphatic heterocycles. The van der Waals surface area contributed by atoms with Gasteiger partial charge in [-0.15, -0.1) is 0 Å². The third-order valence-electron chi connectivity index (χ3n) is 3.48. The molecule has 0 amide bonds. The fourth-order valence-electron chi connectivity index (χ4n) is 2.25. The Kier molecular flexibility index (Phi) is 3.99. The molecule has 0 saturated carbocycles. The van der Waals surface area contributed by atoms with Gasteiger partial charge in [0.25, 0.3) is 0 Å². The molecule has 0 aromatic heterocycles. The molecule has 0 spiro atoms. The summed E-state index contributed by atoms with van der Waals surface area (Å²) in [5.74, 6) is 0. The third kappa shape index (κ3) is 2.94. The zero-order chi connectivity index (χ0) is 12.5. The summed E-state index contributed by atoms with van der Waals surface area (Å²) >= 11 is 12.1. The average Bonchev–Trinajstić information content (AvgIpc) is 2.72. The summed E-state index contributed by atoms with van der Waals surface area (Å²) in [6, 6.07) is 5.42. The van der Waals surface area contributed by atoms with Gasteiger partial charge >= 0.3 is 0 Å². The highest BCUT2D eigenvalue weighted by molar-refractivity contribution is 6.33. The predicted molar refractivity (Wildman–Crippen MR) is 71.7 cm³/mol. The van der Waals surface area contributed by atoms with E-state index < -0.39 is 0 Å². The van der Waals surface area contributed by atoms with Crippen LogP contribution in [-0.4, -0.2) is 18.2 Å². The zero-order valence-corrected chi connectivity index (χ0v) is 11.4. The van der Waals surface area contributed by atoms with Gasteiger partial charge in [0.1, 0.15) is 0 Å². The van der Waals surface area contributed by atoms with Gasteiger partial charge in [0, 0.05) is 22.7 Å². The van der Waals surface area contributed by atoms with E-state index in [4.69, 9.17) is 33.7 Å². The molecule has 1 aromatic rings. The molecule has 2 unspecified atom stereocenters. The van der Waals surface area contributed by atoms with Crippen LogP contribution in [0.5, 0.6) is 0 Å². The second-order valence-corrected chi connectivity index (χ2v) is 5.65. The number of hydrogen-bond acceptors (Lipinski definition) is 2. The molecular weight excluding hydrogens is 257 g/mol. The summed E-state index contributed by atoms with van der Waals surface area (Å²) in [4.78, 5) is 0. The minimum atomic E-state index is -0.231. The minimum Gasteiger partial charge on any atom is -0.374 e. The molecule has 2 rings (SSSR count). The quantitative estimate of drug-likeness (QED) is 0.916. The maximum atomic E-state index is 6.24. The Bertz CT molecular complexity index is 402. The standard InChI is InChI=1S/C13H17Cl2NO/c1-13(5-2-6-17-13)12(16)8-9-7-10(14)3-4-11(9)15/h3-4,7,12H,2,5-6,8,16H2,1H3. The zero-order valence-electron chi connectivity index (χ0n) is 9.88. The lowest BCUT2D eigenvalue weighted by molar-refractivity contribution is -0.000897. The van der Waals surface area contributed by atoms with Gasteiger partial charge in [0.05, 0.1) is 5.60 Å². The minimum absolute atomic E-state index is 0.0547. The van der Waals surface area contributed by atoms with E-state index in [1.807, 2.05) is 12.1 Å². The first kappa shape index (κ1) is 13.2. The Morgan fingerprint density at radius 1 is 1.47 bits per heavy atom. The van der Waals surface area contributed by atoms with Crippen LogP contribution in [0.15, 0.2) is 18.2 Å². The first-order valence-corrected chi connectivity index (χ1v) is 6.60. The van der Waals surface area contributed by atoms with E-state index in [1.54, 1.807) is 6.07 Å². The summed E-state index contributed by atoms with van der Waals surface area (Å²) < 4.78 is 5.74. The summed E-state index contributed by atoms with van der Waals surface area (Å²) in [7, 11) is 0. The molecule has 1 aromatic carbocycles. The molecule has 0 bridgehead atoms. The topological polar surface area (TPSA) is 35.2 Å². The molecule has 4 heteroatoms. The van der Waals surface area contributed by atoms with Crippen molar-refractivity contribution in [2.75, 3.05) is 6.61 Å². The molecular formula is C13H17Cl2NO. The number of rotatable bonds is 3. The first-order valence-electron chi connectivity index (χ1n) is 5.85. The SMILES string of the molecule is CC1(C(N)Cc2cc(Cl)ccc2Cl)CCCO1. The lowest BCUT2D eigenvalue weighted by atomic mass is 9.89. The fourth-order valence-corrected chi connectivity index (χ4v) is 2.64. The van der Waals surface area contributed by atoms with Crippen molar-refractivity contribution in [3.63, 3.8) is 0 Å². The van der Waals surface area contributed by atoms with Crippen LogP contribution in [0.2, 0.25) is 10.0 Å². The van der Waals surface area contributed by atoms with Gasteiger partial charge in [0.2, 0.25) is 0 Å². The Morgan fingerprint density at radius 2 is 2.24 bits per heavy atom. The summed E-state index contributed by atoms with van der Waals surface area (Å²) in [5.41, 5.74) is 7.00. The van der Waals surface area contributed by atoms with Crippen molar-refractivity contribution < 1.29 is 4.74 Å². The van der Waals surface area contributed by atoms with E-state index in [0.29, 0.717) is 16.5 Å². The number of benzene rings is 1. The van der Waals surface area contributed by atoms with Crippen LogP contribution >= 0.6 is 23.2 Å². The fraction of sp³-hybridized carbons (Fsp3) is 0.538. The van der Waals surface area contributed by atoms with Crippen molar-refractivity contribution in [1.29, 1.82) is 0 Å². The summed E-state index contributed by atoms with van der Waals surface area (Å²) in [5, 5.41) is 1.40. The molecule has 1 fully saturated rings. The summed E-state index contributed by atoms with van der Waals surface area (Å²) in [6.07, 6.45) is 2.77. The van der Waals surface area contributed by atoms with Crippen molar-refractivity contribution >= 4 is 23.2 Å². The third-order valence-corrected chi connectivity index (χ3v) is 4.09. The van der Waals surface area contributed by atoms with Gasteiger partial charge in [-0.1, -0.05) is 23.2 Å². The highest BCUT2D eigenvalue weighted by Crippen LogP contribution is 2.31. The van der Waals surface area contributed by atoms with Crippen LogP contribution in [0.3, 0.4) is 0 Å². The van der Waals surface area contributed by atoms with E-state index in [9.17, 15) is 0 Å². The van der Waals surface area contributed by atoms with E-state index in [-0.39, 0.29) is 11.6 Å². The molecule has 1 heterocycles. The molecule has 0 radical (unpaired) electrons. The normalized spacial score (nSPS) is 26.1. The van der Waals surface area contributed by atoms with Crippen molar-refractivity contribution in [2.45, 2.75) is 37.8 Å². The van der Waals surface area contributed by atoms with Crippen molar-refractivity contribution in [3.05, 3.63) is 33.8 Å². The maximum absolute atomic E-state index is 6.24. The van der Waals surface area contributed by atoms with Gasteiger partial charge in [0.15, 0.2) is 0 Å². The van der Waals surface area contributed by atoms with E-state index in [2.05, 4.69) is 6.92 Å². The van der Waals surface area contributed by atoms with Crippen LogP contribution in [-0.2, 0) is 11.2 Å². The number of hydrogen-bond donors (Lipinski definition) is 1. The van der Waals surface area contributed by atoms with Gasteiger partial charge in [-0.05, 0) is 49.9 Å². The Labute approximate surface area is 112 Å². The Balaban J connectivity index is 2.12. The molecule has 2 N–H and O–H groups in total. The Hall–Kier alpha value is -0.280. The van der Waals surface area contributed by atoms with Gasteiger partial charge < -0.3 is 10.5 Å². The van der Waals surface area contributed by atoms with Crippen molar-refractivity contribution in [2.24, 2.45) is 5.73 Å². The first-order chi connectivity index (χ1) is 8.01. The molecule has 94 valence electrons. The van der Waals surface area contributed by atoms with Gasteiger partial charge in [-0.25, -0.2) is 0 Å². The highest BCUT2D eigenvalue weighted by atomic mass is 35.5. The molecule has 2 atom stereocenters. The predicted octanol–water partition coefficient (Wildman–Crippen LogP) is 3.43. The second kappa shape index (κ2) is 5.15. The lowest BCUT2D eigenvalue weighted by Crippen LogP contribution is -2.46. The van der Waals surface area contributed by atoms with Crippen molar-refractivity contribution in [1.82, 2.24) is 0 Å². The van der Waals surface area contributed by atoms with Crippen LogP contribution < -0.4 is 5.73 Å². The molecule has 17 heavy (non-hydrogen) atoms. The van der Waals surface area contributed by atoms with E-state index in [1.165, 1.54) is 0 Å². The van der Waals surface area contributed by atoms with Crippen LogP contribution in [0, 0.1) is 0 Å². The van der Waals surface area contributed by atoms with Gasteiger partial charge in [-0.3, -0.25) is 0 Å². The molecule has 2 nitrogen and oxygen atoms in total. The molecule has 1 saturated heterocycles. The number of halogens is 2. The monoisotopic (exact) mass is 273 g/mol. The highest BCUT2D eigenvalue weighted by Gasteiger charge is 2.36. The van der Waals surface area contributed by atoms with E-state index in [0.717, 1.165) is 25.0 Å². The van der Waals surface area contributed by atoms with Crippen LogP contribution in [0.1, 0.15) is 25.3 Å². The largest absolute Gasteiger partial charge is 0.374 e. The molecule has 1 aliphatic rings. The summed E-state index contributed by atoms with van der Waals surface area (Å²) in [6.45, 7) is 2.87. The maximum Gasteiger partial charge on any atom is 0.0808 e. The smallest absolute Gasteiger partial charge is 0.0808 e. The number of ether oxygens (including phenoxy) is 1.